The SMILES string of the molecule is C[C@H](C(=O)Nc1ccc(I)cc1)N1C(=O)c2cccc3cccc1c23. The first-order valence-electron chi connectivity index (χ1n) is 7.98. The predicted octanol–water partition coefficient (Wildman–Crippen LogP) is 4.43. The third kappa shape index (κ3) is 2.68. The molecule has 0 saturated heterocycles. The van der Waals surface area contributed by atoms with Crippen LogP contribution in [0.4, 0.5) is 11.4 Å². The van der Waals surface area contributed by atoms with E-state index in [4.69, 9.17) is 0 Å². The summed E-state index contributed by atoms with van der Waals surface area (Å²) in [7, 11) is 0. The number of amides is 2. The van der Waals surface area contributed by atoms with Crippen molar-refractivity contribution in [2.24, 2.45) is 0 Å². The summed E-state index contributed by atoms with van der Waals surface area (Å²) in [4.78, 5) is 27.1. The zero-order chi connectivity index (χ0) is 17.6. The number of carbonyl (C=O) groups excluding carboxylic acids is 2. The Morgan fingerprint density at radius 1 is 1.04 bits per heavy atom. The molecule has 0 aliphatic carbocycles. The molecular weight excluding hydrogens is 427 g/mol. The number of nitrogens with zero attached hydrogens (tertiary/aromatic N) is 1. The zero-order valence-corrected chi connectivity index (χ0v) is 15.7. The second-order valence-corrected chi connectivity index (χ2v) is 7.27. The molecule has 4 rings (SSSR count). The third-order valence-electron chi connectivity index (χ3n) is 4.47. The van der Waals surface area contributed by atoms with Crippen molar-refractivity contribution in [3.05, 3.63) is 69.8 Å². The Morgan fingerprint density at radius 3 is 2.44 bits per heavy atom. The van der Waals surface area contributed by atoms with Gasteiger partial charge in [0.1, 0.15) is 6.04 Å². The predicted molar refractivity (Wildman–Crippen MR) is 108 cm³/mol. The zero-order valence-electron chi connectivity index (χ0n) is 13.5. The van der Waals surface area contributed by atoms with Gasteiger partial charge in [-0.15, -0.1) is 0 Å². The Balaban J connectivity index is 1.66. The number of hydrogen-bond donors (Lipinski definition) is 1. The molecule has 25 heavy (non-hydrogen) atoms. The normalized spacial score (nSPS) is 14.0. The van der Waals surface area contributed by atoms with Gasteiger partial charge in [-0.25, -0.2) is 0 Å². The molecule has 1 N–H and O–H groups in total. The number of benzene rings is 3. The van der Waals surface area contributed by atoms with Crippen molar-refractivity contribution in [3.63, 3.8) is 0 Å². The van der Waals surface area contributed by atoms with Gasteiger partial charge in [0.15, 0.2) is 0 Å². The molecule has 0 saturated carbocycles. The van der Waals surface area contributed by atoms with E-state index in [0.29, 0.717) is 5.56 Å². The minimum absolute atomic E-state index is 0.128. The van der Waals surface area contributed by atoms with E-state index in [1.807, 2.05) is 60.7 Å². The van der Waals surface area contributed by atoms with Gasteiger partial charge >= 0.3 is 0 Å². The molecule has 0 unspecified atom stereocenters. The van der Waals surface area contributed by atoms with Crippen molar-refractivity contribution >= 4 is 56.6 Å². The molecule has 1 aliphatic rings. The van der Waals surface area contributed by atoms with Gasteiger partial charge in [-0.2, -0.15) is 0 Å². The minimum Gasteiger partial charge on any atom is -0.324 e. The van der Waals surface area contributed by atoms with Gasteiger partial charge in [0, 0.05) is 20.2 Å². The van der Waals surface area contributed by atoms with Crippen molar-refractivity contribution in [3.8, 4) is 0 Å². The quantitative estimate of drug-likeness (QED) is 0.611. The van der Waals surface area contributed by atoms with Crippen molar-refractivity contribution in [1.29, 1.82) is 0 Å². The van der Waals surface area contributed by atoms with Crippen LogP contribution in [-0.4, -0.2) is 17.9 Å². The van der Waals surface area contributed by atoms with Crippen LogP contribution in [0.1, 0.15) is 17.3 Å². The number of hydrogen-bond acceptors (Lipinski definition) is 2. The molecule has 0 aromatic heterocycles. The summed E-state index contributed by atoms with van der Waals surface area (Å²) in [5.74, 6) is -0.337. The molecule has 5 heteroatoms. The first-order valence-corrected chi connectivity index (χ1v) is 9.06. The second-order valence-electron chi connectivity index (χ2n) is 6.03. The highest BCUT2D eigenvalue weighted by atomic mass is 127. The highest BCUT2D eigenvalue weighted by Crippen LogP contribution is 2.38. The minimum atomic E-state index is -0.607. The molecular formula is C20H15IN2O2. The molecule has 3 aromatic rings. The summed E-state index contributed by atoms with van der Waals surface area (Å²) in [6.07, 6.45) is 0. The first-order chi connectivity index (χ1) is 12.1. The van der Waals surface area contributed by atoms with E-state index in [2.05, 4.69) is 27.9 Å². The van der Waals surface area contributed by atoms with Crippen LogP contribution in [0.5, 0.6) is 0 Å². The van der Waals surface area contributed by atoms with E-state index >= 15 is 0 Å². The Hall–Kier alpha value is -2.41. The molecule has 0 fully saturated rings. The van der Waals surface area contributed by atoms with Gasteiger partial charge in [0.05, 0.1) is 5.69 Å². The topological polar surface area (TPSA) is 49.4 Å². The highest BCUT2D eigenvalue weighted by molar-refractivity contribution is 14.1. The number of halogens is 1. The molecule has 1 atom stereocenters. The Bertz CT molecular complexity index is 993. The Labute approximate surface area is 159 Å². The largest absolute Gasteiger partial charge is 0.324 e. The van der Waals surface area contributed by atoms with E-state index in [1.165, 1.54) is 0 Å². The monoisotopic (exact) mass is 442 g/mol. The summed E-state index contributed by atoms with van der Waals surface area (Å²) in [5, 5.41) is 4.82. The van der Waals surface area contributed by atoms with Gasteiger partial charge in [-0.1, -0.05) is 24.3 Å². The van der Waals surface area contributed by atoms with Gasteiger partial charge in [-0.05, 0) is 71.3 Å². The number of nitrogens with one attached hydrogen (secondary N) is 1. The standard InChI is InChI=1S/C20H15IN2O2/c1-12(19(24)22-15-10-8-14(21)9-11-15)23-17-7-3-5-13-4-2-6-16(18(13)17)20(23)25/h2-12H,1H3,(H,22,24)/t12-/m1/s1. The summed E-state index contributed by atoms with van der Waals surface area (Å²) in [5.41, 5.74) is 2.17. The highest BCUT2D eigenvalue weighted by Gasteiger charge is 2.35. The van der Waals surface area contributed by atoms with Gasteiger partial charge < -0.3 is 5.32 Å². The van der Waals surface area contributed by atoms with E-state index in [0.717, 1.165) is 25.7 Å². The lowest BCUT2D eigenvalue weighted by molar-refractivity contribution is -0.117. The van der Waals surface area contributed by atoms with E-state index < -0.39 is 6.04 Å². The van der Waals surface area contributed by atoms with Crippen molar-refractivity contribution in [2.45, 2.75) is 13.0 Å². The fraction of sp³-hybridized carbons (Fsp3) is 0.100. The molecule has 0 spiro atoms. The Kier molecular flexibility index (Phi) is 3.95. The number of carbonyl (C=O) groups is 2. The Morgan fingerprint density at radius 2 is 1.72 bits per heavy atom. The van der Waals surface area contributed by atoms with Crippen LogP contribution in [0.2, 0.25) is 0 Å². The van der Waals surface area contributed by atoms with Crippen LogP contribution in [0, 0.1) is 3.57 Å². The lowest BCUT2D eigenvalue weighted by atomic mass is 10.1. The average Bonchev–Trinajstić information content (AvgIpc) is 2.91. The van der Waals surface area contributed by atoms with Gasteiger partial charge in [0.25, 0.3) is 5.91 Å². The summed E-state index contributed by atoms with van der Waals surface area (Å²) < 4.78 is 1.10. The summed E-state index contributed by atoms with van der Waals surface area (Å²) >= 11 is 2.22. The summed E-state index contributed by atoms with van der Waals surface area (Å²) in [6, 6.07) is 18.4. The fourth-order valence-corrected chi connectivity index (χ4v) is 3.58. The molecule has 124 valence electrons. The average molecular weight is 442 g/mol. The van der Waals surface area contributed by atoms with Gasteiger partial charge in [-0.3, -0.25) is 14.5 Å². The lowest BCUT2D eigenvalue weighted by Crippen LogP contribution is -2.44. The smallest absolute Gasteiger partial charge is 0.259 e. The molecule has 4 nitrogen and oxygen atoms in total. The van der Waals surface area contributed by atoms with E-state index in [9.17, 15) is 9.59 Å². The fourth-order valence-electron chi connectivity index (χ4n) is 3.22. The van der Waals surface area contributed by atoms with Crippen LogP contribution in [0.25, 0.3) is 10.8 Å². The van der Waals surface area contributed by atoms with Crippen LogP contribution in [0.3, 0.4) is 0 Å². The van der Waals surface area contributed by atoms with E-state index in [-0.39, 0.29) is 11.8 Å². The number of rotatable bonds is 3. The molecule has 2 amide bonds. The first kappa shape index (κ1) is 16.1. The molecule has 1 aliphatic heterocycles. The second kappa shape index (κ2) is 6.15. The van der Waals surface area contributed by atoms with Gasteiger partial charge in [0.2, 0.25) is 5.91 Å². The summed E-state index contributed by atoms with van der Waals surface area (Å²) in [6.45, 7) is 1.75. The third-order valence-corrected chi connectivity index (χ3v) is 5.19. The van der Waals surface area contributed by atoms with Crippen molar-refractivity contribution < 1.29 is 9.59 Å². The van der Waals surface area contributed by atoms with Crippen LogP contribution in [-0.2, 0) is 4.79 Å². The van der Waals surface area contributed by atoms with Crippen LogP contribution >= 0.6 is 22.6 Å². The van der Waals surface area contributed by atoms with Crippen molar-refractivity contribution in [1.82, 2.24) is 0 Å². The molecule has 0 bridgehead atoms. The van der Waals surface area contributed by atoms with Crippen LogP contribution in [0.15, 0.2) is 60.7 Å². The molecule has 3 aromatic carbocycles. The molecule has 1 heterocycles. The van der Waals surface area contributed by atoms with Crippen molar-refractivity contribution in [2.75, 3.05) is 10.2 Å². The maximum Gasteiger partial charge on any atom is 0.259 e. The maximum absolute atomic E-state index is 12.9. The molecule has 0 radical (unpaired) electrons. The number of anilines is 2. The lowest BCUT2D eigenvalue weighted by Gasteiger charge is -2.24. The van der Waals surface area contributed by atoms with E-state index in [1.54, 1.807) is 11.8 Å². The maximum atomic E-state index is 12.9. The van der Waals surface area contributed by atoms with Crippen LogP contribution < -0.4 is 10.2 Å².